The molecule has 2 atom stereocenters. The monoisotopic (exact) mass is 644 g/mol. The summed E-state index contributed by atoms with van der Waals surface area (Å²) in [5, 5.41) is 44.8. The minimum absolute atomic E-state index is 0.171. The first-order chi connectivity index (χ1) is 18.4. The van der Waals surface area contributed by atoms with Crippen molar-refractivity contribution in [2.45, 2.75) is 141 Å². The van der Waals surface area contributed by atoms with Gasteiger partial charge in [-0.25, -0.2) is 9.13 Å². The molecule has 4 N–H and O–H groups in total. The van der Waals surface area contributed by atoms with Crippen LogP contribution < -0.4 is 4.57 Å². The fourth-order valence-corrected chi connectivity index (χ4v) is 6.10. The van der Waals surface area contributed by atoms with Gasteiger partial charge in [-0.3, -0.25) is 0 Å². The average Bonchev–Trinajstić information content (AvgIpc) is 3.13. The van der Waals surface area contributed by atoms with Gasteiger partial charge in [-0.1, -0.05) is 0 Å². The number of hydroxylamine groups is 4. The van der Waals surface area contributed by atoms with Gasteiger partial charge in [0.25, 0.3) is 0 Å². The molecule has 3 rings (SSSR count). The Morgan fingerprint density at radius 3 is 1.43 bits per heavy atom. The maximum atomic E-state index is 10.6. The summed E-state index contributed by atoms with van der Waals surface area (Å²) in [4.78, 5) is 0. The van der Waals surface area contributed by atoms with Gasteiger partial charge in [-0.15, -0.1) is 0 Å². The summed E-state index contributed by atoms with van der Waals surface area (Å²) < 4.78 is 74.7. The number of hydrogen-bond donors (Lipinski definition) is 4. The topological polar surface area (TPSA) is 115 Å². The molecule has 0 aliphatic carbocycles. The number of imidazole rings is 1. The molecule has 10 nitrogen and oxygen atoms in total. The van der Waals surface area contributed by atoms with Crippen LogP contribution in [0.5, 0.6) is 0 Å². The Hall–Kier alpha value is -1.10. The molecule has 42 heavy (non-hydrogen) atoms. The van der Waals surface area contributed by atoms with E-state index in [1.165, 1.54) is 10.1 Å². The molecule has 2 aliphatic rings. The summed E-state index contributed by atoms with van der Waals surface area (Å²) in [6, 6.07) is 0. The van der Waals surface area contributed by atoms with E-state index >= 15 is 0 Å². The van der Waals surface area contributed by atoms with Crippen molar-refractivity contribution in [3.05, 3.63) is 18.7 Å². The zero-order valence-electron chi connectivity index (χ0n) is 25.4. The number of hydrogen-bond acceptors (Lipinski definition) is 8. The molecule has 2 saturated heterocycles. The van der Waals surface area contributed by atoms with Crippen molar-refractivity contribution in [1.82, 2.24) is 14.7 Å². The van der Waals surface area contributed by atoms with Crippen LogP contribution in [0, 0.1) is 0 Å². The van der Waals surface area contributed by atoms with Gasteiger partial charge in [-0.05, 0) is 81.1 Å². The molecule has 0 radical (unpaired) electrons. The number of aliphatic hydroxyl groups excluding tert-OH is 2. The standard InChI is InChI=1S/C25H47N4O6.F6P/c1-22(2)11-18(12-23(3,4)28(22)32)34-20(30)15-26-9-10-27(17-26)16-21(31)35-19-13-24(5,6)29(33)25(7,8)14-19;1-7(2,3,4,5)6/h9-10,17-21,30-33H,11-16H2,1-8H3;/q+1;-1. The quantitative estimate of drug-likeness (QED) is 0.124. The van der Waals surface area contributed by atoms with E-state index in [9.17, 15) is 45.8 Å². The van der Waals surface area contributed by atoms with Crippen LogP contribution in [0.25, 0.3) is 0 Å². The van der Waals surface area contributed by atoms with Gasteiger partial charge in [0.2, 0.25) is 6.33 Å². The molecule has 2 fully saturated rings. The van der Waals surface area contributed by atoms with Crippen molar-refractivity contribution in [2.75, 3.05) is 0 Å². The third kappa shape index (κ3) is 12.1. The Bertz CT molecular complexity index is 956. The Kier molecular flexibility index (Phi) is 10.0. The van der Waals surface area contributed by atoms with Crippen molar-refractivity contribution in [3.63, 3.8) is 0 Å². The van der Waals surface area contributed by atoms with Crippen LogP contribution in [0.3, 0.4) is 0 Å². The second kappa shape index (κ2) is 11.4. The second-order valence-electron chi connectivity index (χ2n) is 13.9. The molecule has 1 aromatic heterocycles. The normalized spacial score (nSPS) is 26.4. The molecular weight excluding hydrogens is 597 g/mol. The number of nitrogens with zero attached hydrogens (tertiary/aromatic N) is 4. The van der Waals surface area contributed by atoms with Crippen LogP contribution >= 0.6 is 7.81 Å². The van der Waals surface area contributed by atoms with Crippen LogP contribution in [-0.4, -0.2) is 82.3 Å². The van der Waals surface area contributed by atoms with Gasteiger partial charge in [0.15, 0.2) is 12.6 Å². The van der Waals surface area contributed by atoms with E-state index in [-0.39, 0.29) is 25.3 Å². The molecule has 0 amide bonds. The maximum absolute atomic E-state index is 10.7. The Labute approximate surface area is 242 Å². The molecule has 2 aliphatic heterocycles. The van der Waals surface area contributed by atoms with Crippen molar-refractivity contribution in [2.24, 2.45) is 0 Å². The number of halogens is 6. The molecule has 17 heteroatoms. The van der Waals surface area contributed by atoms with Crippen LogP contribution in [-0.2, 0) is 22.6 Å². The second-order valence-corrected chi connectivity index (χ2v) is 15.8. The van der Waals surface area contributed by atoms with Gasteiger partial charge >= 0.3 is 33.0 Å². The Balaban J connectivity index is 0.000000782. The summed E-state index contributed by atoms with van der Waals surface area (Å²) in [7, 11) is -10.7. The van der Waals surface area contributed by atoms with Crippen molar-refractivity contribution < 1.29 is 59.8 Å². The number of aromatic nitrogens is 2. The van der Waals surface area contributed by atoms with Gasteiger partial charge in [-0.2, -0.15) is 10.1 Å². The summed E-state index contributed by atoms with van der Waals surface area (Å²) >= 11 is 0. The number of ether oxygens (including phenoxy) is 2. The van der Waals surface area contributed by atoms with Gasteiger partial charge in [0, 0.05) is 22.2 Å². The third-order valence-corrected chi connectivity index (χ3v) is 7.38. The molecule has 0 spiro atoms. The molecular formula is C25H47F6N4O6P. The van der Waals surface area contributed by atoms with E-state index in [1.54, 1.807) is 6.33 Å². The van der Waals surface area contributed by atoms with E-state index in [0.717, 1.165) is 0 Å². The van der Waals surface area contributed by atoms with Crippen molar-refractivity contribution >= 4 is 7.81 Å². The summed E-state index contributed by atoms with van der Waals surface area (Å²) in [6.07, 6.45) is 5.56. The first-order valence-electron chi connectivity index (χ1n) is 13.6. The van der Waals surface area contributed by atoms with Gasteiger partial charge < -0.3 is 30.1 Å². The average molecular weight is 645 g/mol. The summed E-state index contributed by atoms with van der Waals surface area (Å²) in [5.41, 5.74) is -1.79. The molecule has 2 unspecified atom stereocenters. The third-order valence-electron chi connectivity index (χ3n) is 7.38. The molecule has 1 aromatic rings. The van der Waals surface area contributed by atoms with E-state index in [0.29, 0.717) is 25.7 Å². The predicted molar refractivity (Wildman–Crippen MR) is 142 cm³/mol. The van der Waals surface area contributed by atoms with E-state index < -0.39 is 42.5 Å². The zero-order valence-corrected chi connectivity index (χ0v) is 26.3. The molecule has 0 bridgehead atoms. The van der Waals surface area contributed by atoms with Crippen LogP contribution in [0.15, 0.2) is 18.7 Å². The van der Waals surface area contributed by atoms with Crippen LogP contribution in [0.4, 0.5) is 25.2 Å². The molecule has 0 saturated carbocycles. The summed E-state index contributed by atoms with van der Waals surface area (Å²) in [5.74, 6) is 0. The molecule has 250 valence electrons. The van der Waals surface area contributed by atoms with Gasteiger partial charge in [0.1, 0.15) is 25.5 Å². The zero-order chi connectivity index (χ0) is 32.8. The van der Waals surface area contributed by atoms with Crippen LogP contribution in [0.2, 0.25) is 0 Å². The Morgan fingerprint density at radius 2 is 1.07 bits per heavy atom. The Morgan fingerprint density at radius 1 is 0.738 bits per heavy atom. The molecule has 3 heterocycles. The number of rotatable bonds is 8. The molecule has 0 aromatic carbocycles. The van der Waals surface area contributed by atoms with Crippen molar-refractivity contribution in [3.8, 4) is 0 Å². The van der Waals surface area contributed by atoms with E-state index in [4.69, 9.17) is 9.47 Å². The van der Waals surface area contributed by atoms with Gasteiger partial charge in [0.05, 0.1) is 12.2 Å². The first kappa shape index (κ1) is 37.1. The van der Waals surface area contributed by atoms with E-state index in [2.05, 4.69) is 0 Å². The fraction of sp³-hybridized carbons (Fsp3) is 0.880. The van der Waals surface area contributed by atoms with E-state index in [1.807, 2.05) is 76.9 Å². The van der Waals surface area contributed by atoms with Crippen LogP contribution in [0.1, 0.15) is 81.1 Å². The summed E-state index contributed by atoms with van der Waals surface area (Å²) in [6.45, 7) is 16.2. The SMILES string of the molecule is CC1(C)CC(OC(O)Cn2cc[n+](CC(O)OC3CC(C)(C)N(O)C(C)(C)C3)c2)CC(C)(C)N1O.F[P-](F)(F)(F)(F)F. The minimum atomic E-state index is -10.7. The number of piperidine rings is 2. The predicted octanol–water partition coefficient (Wildman–Crippen LogP) is 5.65. The van der Waals surface area contributed by atoms with Crippen molar-refractivity contribution in [1.29, 1.82) is 0 Å². The fourth-order valence-electron chi connectivity index (χ4n) is 6.10. The number of aliphatic hydroxyl groups is 2. The first-order valence-corrected chi connectivity index (χ1v) is 15.7.